The lowest BCUT2D eigenvalue weighted by Crippen LogP contribution is -2.05. The predicted octanol–water partition coefficient (Wildman–Crippen LogP) is 3.05. The summed E-state index contributed by atoms with van der Waals surface area (Å²) in [6.07, 6.45) is -0.407. The number of hydrogen-bond donors (Lipinski definition) is 1. The first-order valence-corrected chi connectivity index (χ1v) is 5.65. The molecule has 0 aliphatic carbocycles. The highest BCUT2D eigenvalue weighted by Gasteiger charge is 2.14. The van der Waals surface area contributed by atoms with E-state index in [0.717, 1.165) is 0 Å². The van der Waals surface area contributed by atoms with Gasteiger partial charge in [0.2, 0.25) is 0 Å². The lowest BCUT2D eigenvalue weighted by Gasteiger charge is -2.12. The molecule has 0 heterocycles. The van der Waals surface area contributed by atoms with E-state index in [1.54, 1.807) is 18.2 Å². The Kier molecular flexibility index (Phi) is 5.22. The molecule has 0 fully saturated rings. The third-order valence-electron chi connectivity index (χ3n) is 2.08. The number of rotatable bonds is 5. The summed E-state index contributed by atoms with van der Waals surface area (Å²) in [4.78, 5) is 0. The Morgan fingerprint density at radius 3 is 2.93 bits per heavy atom. The summed E-state index contributed by atoms with van der Waals surface area (Å²) in [6, 6.07) is 4.89. The Labute approximate surface area is 97.2 Å². The SMILES string of the molecule is CCOCCC(O)c1cccc(Br)c1F. The van der Waals surface area contributed by atoms with Crippen LogP contribution in [0.1, 0.15) is 25.0 Å². The van der Waals surface area contributed by atoms with Gasteiger partial charge in [-0.05, 0) is 28.9 Å². The van der Waals surface area contributed by atoms with Gasteiger partial charge < -0.3 is 9.84 Å². The van der Waals surface area contributed by atoms with Gasteiger partial charge in [0.05, 0.1) is 10.6 Å². The molecule has 1 unspecified atom stereocenters. The van der Waals surface area contributed by atoms with Gasteiger partial charge in [0.15, 0.2) is 0 Å². The van der Waals surface area contributed by atoms with Crippen molar-refractivity contribution in [2.24, 2.45) is 0 Å². The van der Waals surface area contributed by atoms with Gasteiger partial charge in [0.25, 0.3) is 0 Å². The topological polar surface area (TPSA) is 29.5 Å². The molecular weight excluding hydrogens is 263 g/mol. The van der Waals surface area contributed by atoms with Gasteiger partial charge in [-0.3, -0.25) is 0 Å². The molecule has 15 heavy (non-hydrogen) atoms. The molecule has 0 bridgehead atoms. The number of halogens is 2. The largest absolute Gasteiger partial charge is 0.388 e. The van der Waals surface area contributed by atoms with Crippen LogP contribution < -0.4 is 0 Å². The van der Waals surface area contributed by atoms with Gasteiger partial charge in [-0.1, -0.05) is 12.1 Å². The Morgan fingerprint density at radius 1 is 1.53 bits per heavy atom. The smallest absolute Gasteiger partial charge is 0.143 e. The number of hydrogen-bond acceptors (Lipinski definition) is 2. The molecule has 0 saturated carbocycles. The zero-order valence-electron chi connectivity index (χ0n) is 8.54. The van der Waals surface area contributed by atoms with Crippen molar-refractivity contribution in [2.45, 2.75) is 19.4 Å². The second kappa shape index (κ2) is 6.20. The van der Waals surface area contributed by atoms with Gasteiger partial charge in [0, 0.05) is 25.2 Å². The van der Waals surface area contributed by atoms with Crippen molar-refractivity contribution in [1.82, 2.24) is 0 Å². The van der Waals surface area contributed by atoms with Crippen LogP contribution >= 0.6 is 15.9 Å². The van der Waals surface area contributed by atoms with E-state index in [9.17, 15) is 9.50 Å². The maximum Gasteiger partial charge on any atom is 0.143 e. The zero-order chi connectivity index (χ0) is 11.3. The minimum atomic E-state index is -0.811. The Bertz CT molecular complexity index is 317. The molecule has 4 heteroatoms. The maximum atomic E-state index is 13.5. The number of aliphatic hydroxyl groups is 1. The van der Waals surface area contributed by atoms with Crippen LogP contribution in [0.3, 0.4) is 0 Å². The quantitative estimate of drug-likeness (QED) is 0.838. The van der Waals surface area contributed by atoms with Crippen LogP contribution in [-0.2, 0) is 4.74 Å². The van der Waals surface area contributed by atoms with Crippen molar-refractivity contribution >= 4 is 15.9 Å². The highest BCUT2D eigenvalue weighted by atomic mass is 79.9. The van der Waals surface area contributed by atoms with Crippen molar-refractivity contribution in [1.29, 1.82) is 0 Å². The van der Waals surface area contributed by atoms with Crippen molar-refractivity contribution in [3.8, 4) is 0 Å². The summed E-state index contributed by atoms with van der Waals surface area (Å²) in [7, 11) is 0. The highest BCUT2D eigenvalue weighted by Crippen LogP contribution is 2.25. The Morgan fingerprint density at radius 2 is 2.27 bits per heavy atom. The summed E-state index contributed by atoms with van der Waals surface area (Å²) >= 11 is 3.08. The molecule has 0 aliphatic heterocycles. The van der Waals surface area contributed by atoms with E-state index in [0.29, 0.717) is 29.7 Å². The van der Waals surface area contributed by atoms with E-state index in [4.69, 9.17) is 4.74 Å². The normalized spacial score (nSPS) is 12.8. The van der Waals surface area contributed by atoms with Crippen molar-refractivity contribution < 1.29 is 14.2 Å². The third-order valence-corrected chi connectivity index (χ3v) is 2.69. The maximum absolute atomic E-state index is 13.5. The van der Waals surface area contributed by atoms with E-state index < -0.39 is 11.9 Å². The monoisotopic (exact) mass is 276 g/mol. The van der Waals surface area contributed by atoms with Gasteiger partial charge in [-0.2, -0.15) is 0 Å². The lowest BCUT2D eigenvalue weighted by molar-refractivity contribution is 0.0868. The van der Waals surface area contributed by atoms with E-state index in [2.05, 4.69) is 15.9 Å². The lowest BCUT2D eigenvalue weighted by atomic mass is 10.1. The van der Waals surface area contributed by atoms with Gasteiger partial charge in [0.1, 0.15) is 5.82 Å². The molecule has 0 radical (unpaired) electrons. The summed E-state index contributed by atoms with van der Waals surface area (Å²) in [5.41, 5.74) is 0.309. The molecular formula is C11H14BrFO2. The van der Waals surface area contributed by atoms with E-state index in [1.165, 1.54) is 0 Å². The zero-order valence-corrected chi connectivity index (χ0v) is 10.1. The molecule has 0 aliphatic rings. The van der Waals surface area contributed by atoms with Crippen molar-refractivity contribution in [2.75, 3.05) is 13.2 Å². The second-order valence-electron chi connectivity index (χ2n) is 3.14. The van der Waals surface area contributed by atoms with Crippen LogP contribution in [0.15, 0.2) is 22.7 Å². The molecule has 0 aromatic heterocycles. The fraction of sp³-hybridized carbons (Fsp3) is 0.455. The van der Waals surface area contributed by atoms with Crippen LogP contribution in [0, 0.1) is 5.82 Å². The molecule has 0 spiro atoms. The molecule has 1 atom stereocenters. The molecule has 84 valence electrons. The van der Waals surface area contributed by atoms with E-state index in [1.807, 2.05) is 6.92 Å². The second-order valence-corrected chi connectivity index (χ2v) is 4.00. The standard InChI is InChI=1S/C11H14BrFO2/c1-2-15-7-6-10(14)8-4-3-5-9(12)11(8)13/h3-5,10,14H,2,6-7H2,1H3. The fourth-order valence-electron chi connectivity index (χ4n) is 1.27. The third kappa shape index (κ3) is 3.55. The van der Waals surface area contributed by atoms with Crippen LogP contribution in [0.5, 0.6) is 0 Å². The Hall–Kier alpha value is -0.450. The van der Waals surface area contributed by atoms with Crippen LogP contribution in [-0.4, -0.2) is 18.3 Å². The van der Waals surface area contributed by atoms with Gasteiger partial charge in [-0.15, -0.1) is 0 Å². The minimum Gasteiger partial charge on any atom is -0.388 e. The van der Waals surface area contributed by atoms with E-state index in [-0.39, 0.29) is 0 Å². The van der Waals surface area contributed by atoms with Crippen molar-refractivity contribution in [3.63, 3.8) is 0 Å². The molecule has 1 rings (SSSR count). The minimum absolute atomic E-state index is 0.309. The van der Waals surface area contributed by atoms with E-state index >= 15 is 0 Å². The summed E-state index contributed by atoms with van der Waals surface area (Å²) < 4.78 is 19.0. The molecule has 1 aromatic rings. The van der Waals surface area contributed by atoms with Crippen LogP contribution in [0.25, 0.3) is 0 Å². The average Bonchev–Trinajstić information content (AvgIpc) is 2.22. The fourth-order valence-corrected chi connectivity index (χ4v) is 1.65. The Balaban J connectivity index is 2.65. The number of benzene rings is 1. The number of ether oxygens (including phenoxy) is 1. The molecule has 1 aromatic carbocycles. The average molecular weight is 277 g/mol. The van der Waals surface area contributed by atoms with Crippen molar-refractivity contribution in [3.05, 3.63) is 34.1 Å². The summed E-state index contributed by atoms with van der Waals surface area (Å²) in [5.74, 6) is -0.401. The molecule has 0 saturated heterocycles. The van der Waals surface area contributed by atoms with Crippen LogP contribution in [0.4, 0.5) is 4.39 Å². The summed E-state index contributed by atoms with van der Waals surface area (Å²) in [6.45, 7) is 2.92. The highest BCUT2D eigenvalue weighted by molar-refractivity contribution is 9.10. The first kappa shape index (κ1) is 12.6. The van der Waals surface area contributed by atoms with Gasteiger partial charge >= 0.3 is 0 Å². The first-order chi connectivity index (χ1) is 7.16. The predicted molar refractivity (Wildman–Crippen MR) is 60.2 cm³/mol. The molecule has 0 amide bonds. The molecule has 2 nitrogen and oxygen atoms in total. The van der Waals surface area contributed by atoms with Gasteiger partial charge in [-0.25, -0.2) is 4.39 Å². The number of aliphatic hydroxyl groups excluding tert-OH is 1. The molecule has 1 N–H and O–H groups in total. The summed E-state index contributed by atoms with van der Waals surface area (Å²) in [5, 5.41) is 9.71. The first-order valence-electron chi connectivity index (χ1n) is 4.86. The van der Waals surface area contributed by atoms with Crippen LogP contribution in [0.2, 0.25) is 0 Å².